The number of nitrogens with one attached hydrogen (secondary N) is 5. The molecule has 0 aliphatic carbocycles. The second kappa shape index (κ2) is 20.2. The molecule has 11 N–H and O–H groups in total. The summed E-state index contributed by atoms with van der Waals surface area (Å²) >= 11 is 5.31. The van der Waals surface area contributed by atoms with Crippen molar-refractivity contribution >= 4 is 41.7 Å². The molecule has 260 valence electrons. The molecule has 0 aliphatic heterocycles. The largest absolute Gasteiger partial charge is 0.370 e. The fourth-order valence-electron chi connectivity index (χ4n) is 5.00. The van der Waals surface area contributed by atoms with Gasteiger partial charge in [0.15, 0.2) is 16.5 Å². The molecule has 1 aromatic heterocycles. The van der Waals surface area contributed by atoms with Crippen molar-refractivity contribution in [2.75, 3.05) is 13.1 Å². The molecular formula is C32H52N10O4S. The second-order valence-electron chi connectivity index (χ2n) is 11.9. The third kappa shape index (κ3) is 14.1. The van der Waals surface area contributed by atoms with E-state index < -0.39 is 36.0 Å². The molecule has 0 radical (unpaired) electrons. The van der Waals surface area contributed by atoms with Crippen LogP contribution in [0.2, 0.25) is 0 Å². The summed E-state index contributed by atoms with van der Waals surface area (Å²) in [6.07, 6.45) is 4.54. The van der Waals surface area contributed by atoms with Crippen LogP contribution in [0.15, 0.2) is 41.5 Å². The molecule has 1 unspecified atom stereocenters. The summed E-state index contributed by atoms with van der Waals surface area (Å²) in [6.45, 7) is 6.03. The monoisotopic (exact) mass is 672 g/mol. The zero-order chi connectivity index (χ0) is 34.9. The Labute approximate surface area is 282 Å². The van der Waals surface area contributed by atoms with Crippen molar-refractivity contribution in [3.63, 3.8) is 0 Å². The van der Waals surface area contributed by atoms with E-state index in [1.54, 1.807) is 17.8 Å². The lowest BCUT2D eigenvalue weighted by Gasteiger charge is -2.27. The van der Waals surface area contributed by atoms with Gasteiger partial charge in [0.05, 0.1) is 12.1 Å². The van der Waals surface area contributed by atoms with E-state index in [-0.39, 0.29) is 30.1 Å². The predicted octanol–water partition coefficient (Wildman–Crippen LogP) is 0.460. The van der Waals surface area contributed by atoms with Gasteiger partial charge >= 0.3 is 0 Å². The first kappa shape index (κ1) is 39.1. The smallest absolute Gasteiger partial charge is 0.243 e. The van der Waals surface area contributed by atoms with E-state index in [4.69, 9.17) is 29.4 Å². The van der Waals surface area contributed by atoms with E-state index in [1.165, 1.54) is 6.92 Å². The number of rotatable bonds is 21. The molecule has 3 amide bonds. The van der Waals surface area contributed by atoms with Gasteiger partial charge in [-0.2, -0.15) is 0 Å². The minimum Gasteiger partial charge on any atom is -0.370 e. The zero-order valence-corrected chi connectivity index (χ0v) is 28.7. The van der Waals surface area contributed by atoms with Crippen molar-refractivity contribution in [3.05, 3.63) is 52.6 Å². The highest BCUT2D eigenvalue weighted by Crippen LogP contribution is 2.10. The fraction of sp³-hybridized carbons (Fsp3) is 0.562. The van der Waals surface area contributed by atoms with Crippen molar-refractivity contribution < 1.29 is 19.2 Å². The molecule has 15 heteroatoms. The number of guanidine groups is 1. The standard InChI is InChI=1S/C32H52N10O4S/c1-20(2)38-24(14-10-16-36-31(34)35)28(44)41-27(18-23-19-37-32(47)42(23)4)30(46)39-25(13-8-9-15-33)29(45)40-26(21(3)43)17-22-11-6-5-7-12-22/h5-7,11-12,19-20,24-27,38H,8-10,13-18,33H2,1-4H3,(H,37,47)(H,39,46)(H,40,45)(H,41,44)(H4,34,35,36)/t24?,25-,26-,27-/m0/s1. The fourth-order valence-corrected chi connectivity index (χ4v) is 5.18. The van der Waals surface area contributed by atoms with Crippen LogP contribution >= 0.6 is 12.2 Å². The average molecular weight is 673 g/mol. The van der Waals surface area contributed by atoms with Crippen LogP contribution in [0.5, 0.6) is 0 Å². The number of aromatic amines is 1. The topological polar surface area (TPSA) is 228 Å². The number of benzene rings is 1. The summed E-state index contributed by atoms with van der Waals surface area (Å²) in [5.74, 6) is -1.66. The quantitative estimate of drug-likeness (QED) is 0.0398. The summed E-state index contributed by atoms with van der Waals surface area (Å²) in [5, 5.41) is 11.8. The van der Waals surface area contributed by atoms with Gasteiger partial charge in [0.2, 0.25) is 17.7 Å². The molecule has 0 fully saturated rings. The van der Waals surface area contributed by atoms with Gasteiger partial charge in [0, 0.05) is 37.9 Å². The Hall–Kier alpha value is -4.08. The van der Waals surface area contributed by atoms with Crippen LogP contribution in [0, 0.1) is 4.77 Å². The molecule has 4 atom stereocenters. The summed E-state index contributed by atoms with van der Waals surface area (Å²) in [7, 11) is 1.76. The molecule has 0 saturated heterocycles. The highest BCUT2D eigenvalue weighted by molar-refractivity contribution is 7.71. The number of ketones is 1. The van der Waals surface area contributed by atoms with E-state index in [2.05, 4.69) is 31.2 Å². The lowest BCUT2D eigenvalue weighted by molar-refractivity contribution is -0.133. The van der Waals surface area contributed by atoms with Gasteiger partial charge in [-0.05, 0) is 69.8 Å². The maximum absolute atomic E-state index is 13.9. The number of aliphatic imine (C=N–C) groups is 1. The SMILES string of the molecule is CC(=O)[C@H](Cc1ccccc1)NC(=O)[C@H](CCCCN)NC(=O)[C@H](Cc1c[nH]c(=S)n1C)NC(=O)C(CCCN=C(N)N)NC(C)C. The van der Waals surface area contributed by atoms with Gasteiger partial charge in [-0.25, -0.2) is 0 Å². The summed E-state index contributed by atoms with van der Waals surface area (Å²) in [6, 6.07) is 5.92. The third-order valence-electron chi connectivity index (χ3n) is 7.61. The molecule has 47 heavy (non-hydrogen) atoms. The average Bonchev–Trinajstić information content (AvgIpc) is 3.33. The number of H-pyrrole nitrogens is 1. The number of hydrogen-bond acceptors (Lipinski definition) is 8. The predicted molar refractivity (Wildman–Crippen MR) is 186 cm³/mol. The second-order valence-corrected chi connectivity index (χ2v) is 12.3. The minimum absolute atomic E-state index is 0.0212. The van der Waals surface area contributed by atoms with Crippen LogP contribution in [-0.2, 0) is 39.1 Å². The first-order valence-corrected chi connectivity index (χ1v) is 16.4. The van der Waals surface area contributed by atoms with E-state index in [0.29, 0.717) is 62.1 Å². The van der Waals surface area contributed by atoms with E-state index in [1.807, 2.05) is 44.2 Å². The minimum atomic E-state index is -1.05. The Morgan fingerprint density at radius 3 is 2.04 bits per heavy atom. The van der Waals surface area contributed by atoms with Gasteiger partial charge < -0.3 is 48.0 Å². The number of amides is 3. The maximum atomic E-state index is 13.9. The zero-order valence-electron chi connectivity index (χ0n) is 27.9. The first-order chi connectivity index (χ1) is 22.3. The molecule has 2 rings (SSSR count). The molecule has 0 aliphatic rings. The van der Waals surface area contributed by atoms with Crippen LogP contribution < -0.4 is 38.5 Å². The van der Waals surface area contributed by atoms with Crippen molar-refractivity contribution in [2.24, 2.45) is 29.2 Å². The number of unbranched alkanes of at least 4 members (excludes halogenated alkanes) is 1. The molecule has 1 aromatic carbocycles. The number of carbonyl (C=O) groups is 4. The van der Waals surface area contributed by atoms with Crippen LogP contribution in [0.1, 0.15) is 64.1 Å². The van der Waals surface area contributed by atoms with Gasteiger partial charge in [0.25, 0.3) is 0 Å². The Bertz CT molecular complexity index is 1390. The number of hydrogen-bond donors (Lipinski definition) is 8. The lowest BCUT2D eigenvalue weighted by atomic mass is 10.0. The summed E-state index contributed by atoms with van der Waals surface area (Å²) in [4.78, 5) is 60.6. The van der Waals surface area contributed by atoms with Crippen molar-refractivity contribution in [3.8, 4) is 0 Å². The van der Waals surface area contributed by atoms with Gasteiger partial charge in [0.1, 0.15) is 12.1 Å². The third-order valence-corrected chi connectivity index (χ3v) is 8.00. The number of nitrogens with zero attached hydrogens (tertiary/aromatic N) is 2. The number of aromatic nitrogens is 2. The van der Waals surface area contributed by atoms with Crippen LogP contribution in [0.25, 0.3) is 0 Å². The Morgan fingerprint density at radius 2 is 1.47 bits per heavy atom. The Morgan fingerprint density at radius 1 is 0.872 bits per heavy atom. The molecule has 0 saturated carbocycles. The number of imidazole rings is 1. The highest BCUT2D eigenvalue weighted by atomic mass is 32.1. The summed E-state index contributed by atoms with van der Waals surface area (Å²) in [5.41, 5.74) is 18.2. The molecule has 1 heterocycles. The normalized spacial score (nSPS) is 13.7. The van der Waals surface area contributed by atoms with Crippen molar-refractivity contribution in [1.29, 1.82) is 0 Å². The van der Waals surface area contributed by atoms with E-state index in [9.17, 15) is 19.2 Å². The molecular weight excluding hydrogens is 620 g/mol. The Balaban J connectivity index is 2.31. The van der Waals surface area contributed by atoms with E-state index in [0.717, 1.165) is 5.56 Å². The van der Waals surface area contributed by atoms with E-state index >= 15 is 0 Å². The number of nitrogens with two attached hydrogens (primary N) is 3. The number of Topliss-reactive ketones (excluding diaryl/α,β-unsaturated/α-hetero) is 1. The van der Waals surface area contributed by atoms with Gasteiger partial charge in [-0.15, -0.1) is 0 Å². The van der Waals surface area contributed by atoms with Crippen LogP contribution in [-0.4, -0.2) is 82.3 Å². The van der Waals surface area contributed by atoms with Crippen molar-refractivity contribution in [2.45, 2.75) is 95.9 Å². The van der Waals surface area contributed by atoms with Gasteiger partial charge in [-0.3, -0.25) is 24.2 Å². The Kier molecular flexibility index (Phi) is 16.8. The van der Waals surface area contributed by atoms with Gasteiger partial charge in [-0.1, -0.05) is 44.2 Å². The maximum Gasteiger partial charge on any atom is 0.243 e. The van der Waals surface area contributed by atoms with Crippen LogP contribution in [0.4, 0.5) is 0 Å². The number of carbonyl (C=O) groups excluding carboxylic acids is 4. The molecule has 0 spiro atoms. The van der Waals surface area contributed by atoms with Crippen molar-refractivity contribution in [1.82, 2.24) is 30.8 Å². The lowest BCUT2D eigenvalue weighted by Crippen LogP contribution is -2.58. The summed E-state index contributed by atoms with van der Waals surface area (Å²) < 4.78 is 2.17. The first-order valence-electron chi connectivity index (χ1n) is 16.0. The highest BCUT2D eigenvalue weighted by Gasteiger charge is 2.31. The van der Waals surface area contributed by atoms with Crippen LogP contribution in [0.3, 0.4) is 0 Å². The molecule has 2 aromatic rings. The molecule has 14 nitrogen and oxygen atoms in total. The molecule has 0 bridgehead atoms.